The summed E-state index contributed by atoms with van der Waals surface area (Å²) in [6.07, 6.45) is 4.27. The van der Waals surface area contributed by atoms with Crippen molar-refractivity contribution >= 4 is 21.8 Å². The summed E-state index contributed by atoms with van der Waals surface area (Å²) in [4.78, 5) is 14.5. The third kappa shape index (κ3) is 3.57. The van der Waals surface area contributed by atoms with Crippen LogP contribution in [0.2, 0.25) is 0 Å². The second-order valence-electron chi connectivity index (χ2n) is 5.58. The van der Waals surface area contributed by atoms with Crippen molar-refractivity contribution in [2.45, 2.75) is 37.8 Å². The average Bonchev–Trinajstić information content (AvgIpc) is 3.14. The summed E-state index contributed by atoms with van der Waals surface area (Å²) >= 11 is 3.40. The second kappa shape index (κ2) is 5.63. The molecule has 1 unspecified atom stereocenters. The maximum Gasteiger partial charge on any atom is 0.224 e. The predicted octanol–water partition coefficient (Wildman–Crippen LogP) is 2.34. The molecule has 0 bridgehead atoms. The maximum absolute atomic E-state index is 12.0. The van der Waals surface area contributed by atoms with E-state index in [0.717, 1.165) is 35.6 Å². The largest absolute Gasteiger partial charge is 0.352 e. The van der Waals surface area contributed by atoms with E-state index in [0.29, 0.717) is 12.5 Å². The quantitative estimate of drug-likeness (QED) is 0.922. The van der Waals surface area contributed by atoms with Crippen LogP contribution >= 0.6 is 15.9 Å². The highest BCUT2D eigenvalue weighted by molar-refractivity contribution is 9.10. The number of benzene rings is 1. The van der Waals surface area contributed by atoms with Crippen LogP contribution in [0.4, 0.5) is 0 Å². The van der Waals surface area contributed by atoms with Gasteiger partial charge in [-0.05, 0) is 37.0 Å². The summed E-state index contributed by atoms with van der Waals surface area (Å²) in [6, 6.07) is 9.11. The van der Waals surface area contributed by atoms with Crippen LogP contribution in [0.1, 0.15) is 24.8 Å². The van der Waals surface area contributed by atoms with Gasteiger partial charge in [0, 0.05) is 29.6 Å². The van der Waals surface area contributed by atoms with E-state index in [1.165, 1.54) is 12.8 Å². The molecule has 1 amide bonds. The lowest BCUT2D eigenvalue weighted by molar-refractivity contribution is -0.121. The third-order valence-electron chi connectivity index (χ3n) is 3.93. The van der Waals surface area contributed by atoms with Gasteiger partial charge in [-0.25, -0.2) is 0 Å². The zero-order chi connectivity index (χ0) is 13.2. The number of amides is 1. The number of carbonyl (C=O) groups excluding carboxylic acids is 1. The van der Waals surface area contributed by atoms with Gasteiger partial charge in [-0.1, -0.05) is 28.1 Å². The number of nitrogens with zero attached hydrogens (tertiary/aromatic N) is 1. The van der Waals surface area contributed by atoms with Gasteiger partial charge in [0.15, 0.2) is 0 Å². The Labute approximate surface area is 122 Å². The van der Waals surface area contributed by atoms with E-state index in [2.05, 4.69) is 26.1 Å². The van der Waals surface area contributed by atoms with E-state index in [-0.39, 0.29) is 5.91 Å². The summed E-state index contributed by atoms with van der Waals surface area (Å²) in [6.45, 7) is 2.19. The van der Waals surface area contributed by atoms with E-state index in [1.54, 1.807) is 0 Å². The zero-order valence-corrected chi connectivity index (χ0v) is 12.5. The Balaban J connectivity index is 1.47. The number of halogens is 1. The van der Waals surface area contributed by atoms with Crippen LogP contribution in [0.3, 0.4) is 0 Å². The normalized spacial score (nSPS) is 23.5. The van der Waals surface area contributed by atoms with Crippen molar-refractivity contribution in [3.8, 4) is 0 Å². The van der Waals surface area contributed by atoms with Crippen LogP contribution in [0.25, 0.3) is 0 Å². The number of hydrogen-bond acceptors (Lipinski definition) is 2. The predicted molar refractivity (Wildman–Crippen MR) is 79.0 cm³/mol. The molecule has 3 nitrogen and oxygen atoms in total. The van der Waals surface area contributed by atoms with Crippen molar-refractivity contribution in [3.63, 3.8) is 0 Å². The maximum atomic E-state index is 12.0. The number of rotatable bonds is 4. The van der Waals surface area contributed by atoms with Crippen LogP contribution in [0.15, 0.2) is 28.7 Å². The van der Waals surface area contributed by atoms with Crippen LogP contribution < -0.4 is 5.32 Å². The first-order valence-corrected chi connectivity index (χ1v) is 7.78. The van der Waals surface area contributed by atoms with Gasteiger partial charge >= 0.3 is 0 Å². The highest BCUT2D eigenvalue weighted by Gasteiger charge is 2.34. The third-order valence-corrected chi connectivity index (χ3v) is 4.45. The molecular formula is C15H19BrN2O. The van der Waals surface area contributed by atoms with E-state index in [9.17, 15) is 4.79 Å². The Morgan fingerprint density at radius 2 is 2.00 bits per heavy atom. The molecule has 1 N–H and O–H groups in total. The van der Waals surface area contributed by atoms with Gasteiger partial charge in [0.25, 0.3) is 0 Å². The lowest BCUT2D eigenvalue weighted by Crippen LogP contribution is -2.38. The molecule has 0 radical (unpaired) electrons. The summed E-state index contributed by atoms with van der Waals surface area (Å²) in [7, 11) is 0. The molecule has 0 aromatic heterocycles. The highest BCUT2D eigenvalue weighted by atomic mass is 79.9. The molecule has 102 valence electrons. The minimum absolute atomic E-state index is 0.143. The topological polar surface area (TPSA) is 32.3 Å². The van der Waals surface area contributed by atoms with Crippen molar-refractivity contribution < 1.29 is 4.79 Å². The molecular weight excluding hydrogens is 304 g/mol. The average molecular weight is 323 g/mol. The molecule has 1 saturated carbocycles. The van der Waals surface area contributed by atoms with Crippen molar-refractivity contribution in [2.24, 2.45) is 0 Å². The fourth-order valence-electron chi connectivity index (χ4n) is 2.74. The van der Waals surface area contributed by atoms with Gasteiger partial charge in [0.1, 0.15) is 0 Å². The first-order valence-electron chi connectivity index (χ1n) is 6.98. The van der Waals surface area contributed by atoms with Crippen molar-refractivity contribution in [1.29, 1.82) is 0 Å². The standard InChI is InChI=1S/C15H19BrN2O/c16-12-3-1-11(2-4-12)9-15(19)17-13-7-8-18(10-13)14-5-6-14/h1-4,13-14H,5-10H2,(H,17,19). The number of nitrogens with one attached hydrogen (secondary N) is 1. The van der Waals surface area contributed by atoms with Gasteiger partial charge in [-0.15, -0.1) is 0 Å². The molecule has 1 atom stereocenters. The van der Waals surface area contributed by atoms with Crippen molar-refractivity contribution in [2.75, 3.05) is 13.1 Å². The van der Waals surface area contributed by atoms with Gasteiger partial charge in [-0.3, -0.25) is 9.69 Å². The van der Waals surface area contributed by atoms with Crippen LogP contribution in [0.5, 0.6) is 0 Å². The first-order chi connectivity index (χ1) is 9.20. The van der Waals surface area contributed by atoms with E-state index >= 15 is 0 Å². The Hall–Kier alpha value is -0.870. The molecule has 2 fully saturated rings. The summed E-state index contributed by atoms with van der Waals surface area (Å²) in [5, 5.41) is 3.16. The Bertz CT molecular complexity index is 456. The molecule has 1 aromatic carbocycles. The second-order valence-corrected chi connectivity index (χ2v) is 6.50. The van der Waals surface area contributed by atoms with Crippen molar-refractivity contribution in [3.05, 3.63) is 34.3 Å². The Kier molecular flexibility index (Phi) is 3.89. The molecule has 1 aromatic rings. The molecule has 1 aliphatic carbocycles. The molecule has 2 aliphatic rings. The molecule has 19 heavy (non-hydrogen) atoms. The lowest BCUT2D eigenvalue weighted by Gasteiger charge is -2.15. The molecule has 1 saturated heterocycles. The fourth-order valence-corrected chi connectivity index (χ4v) is 3.01. The van der Waals surface area contributed by atoms with Crippen LogP contribution in [0, 0.1) is 0 Å². The molecule has 1 aliphatic heterocycles. The van der Waals surface area contributed by atoms with E-state index < -0.39 is 0 Å². The molecule has 1 heterocycles. The van der Waals surface area contributed by atoms with Crippen LogP contribution in [-0.2, 0) is 11.2 Å². The highest BCUT2D eigenvalue weighted by Crippen LogP contribution is 2.29. The summed E-state index contributed by atoms with van der Waals surface area (Å²) in [5.41, 5.74) is 1.07. The zero-order valence-electron chi connectivity index (χ0n) is 10.9. The van der Waals surface area contributed by atoms with E-state index in [4.69, 9.17) is 0 Å². The Morgan fingerprint density at radius 1 is 1.26 bits per heavy atom. The van der Waals surface area contributed by atoms with Gasteiger partial charge in [-0.2, -0.15) is 0 Å². The lowest BCUT2D eigenvalue weighted by atomic mass is 10.1. The fraction of sp³-hybridized carbons (Fsp3) is 0.533. The van der Waals surface area contributed by atoms with Crippen LogP contribution in [-0.4, -0.2) is 36.0 Å². The monoisotopic (exact) mass is 322 g/mol. The molecule has 0 spiro atoms. The first kappa shape index (κ1) is 13.1. The van der Waals surface area contributed by atoms with Crippen molar-refractivity contribution in [1.82, 2.24) is 10.2 Å². The minimum atomic E-state index is 0.143. The molecule has 4 heteroatoms. The number of hydrogen-bond donors (Lipinski definition) is 1. The minimum Gasteiger partial charge on any atom is -0.352 e. The van der Waals surface area contributed by atoms with Gasteiger partial charge in [0.2, 0.25) is 5.91 Å². The number of likely N-dealkylation sites (tertiary alicyclic amines) is 1. The van der Waals surface area contributed by atoms with Gasteiger partial charge in [0.05, 0.1) is 6.42 Å². The number of carbonyl (C=O) groups is 1. The summed E-state index contributed by atoms with van der Waals surface area (Å²) in [5.74, 6) is 0.143. The van der Waals surface area contributed by atoms with E-state index in [1.807, 2.05) is 24.3 Å². The summed E-state index contributed by atoms with van der Waals surface area (Å²) < 4.78 is 1.05. The smallest absolute Gasteiger partial charge is 0.224 e. The SMILES string of the molecule is O=C(Cc1ccc(Br)cc1)NC1CCN(C2CC2)C1. The molecule has 3 rings (SSSR count). The Morgan fingerprint density at radius 3 is 2.68 bits per heavy atom. The van der Waals surface area contributed by atoms with Gasteiger partial charge < -0.3 is 5.32 Å².